The van der Waals surface area contributed by atoms with Gasteiger partial charge >= 0.3 is 6.09 Å². The van der Waals surface area contributed by atoms with E-state index in [1.807, 2.05) is 12.1 Å². The Labute approximate surface area is 101 Å². The van der Waals surface area contributed by atoms with Gasteiger partial charge in [0, 0.05) is 5.69 Å². The molecule has 1 aliphatic rings. The maximum absolute atomic E-state index is 11.0. The Hall–Kier alpha value is -1.55. The third kappa shape index (κ3) is 3.46. The number of hydrogen-bond acceptors (Lipinski definition) is 3. The Morgan fingerprint density at radius 1 is 1.47 bits per heavy atom. The van der Waals surface area contributed by atoms with E-state index >= 15 is 0 Å². The third-order valence-corrected chi connectivity index (χ3v) is 3.07. The average Bonchev–Trinajstić information content (AvgIpc) is 2.84. The minimum absolute atomic E-state index is 0.433. The summed E-state index contributed by atoms with van der Waals surface area (Å²) < 4.78 is 4.53. The molecule has 4 nitrogen and oxygen atoms in total. The van der Waals surface area contributed by atoms with Crippen LogP contribution >= 0.6 is 0 Å². The van der Waals surface area contributed by atoms with Gasteiger partial charge in [-0.15, -0.1) is 0 Å². The lowest BCUT2D eigenvalue weighted by atomic mass is 9.99. The molecule has 0 aromatic heterocycles. The van der Waals surface area contributed by atoms with Crippen molar-refractivity contribution in [1.29, 1.82) is 0 Å². The zero-order valence-corrected chi connectivity index (χ0v) is 10.0. The molecule has 2 N–H and O–H groups in total. The first-order valence-corrected chi connectivity index (χ1v) is 5.92. The number of rotatable bonds is 3. The van der Waals surface area contributed by atoms with E-state index in [1.165, 1.54) is 19.1 Å². The van der Waals surface area contributed by atoms with Gasteiger partial charge in [0.2, 0.25) is 0 Å². The first-order chi connectivity index (χ1) is 8.28. The van der Waals surface area contributed by atoms with Crippen molar-refractivity contribution in [3.8, 4) is 0 Å². The van der Waals surface area contributed by atoms with Gasteiger partial charge < -0.3 is 10.1 Å². The Morgan fingerprint density at radius 3 is 2.82 bits per heavy atom. The Bertz CT molecular complexity index is 370. The predicted molar refractivity (Wildman–Crippen MR) is 67.2 cm³/mol. The van der Waals surface area contributed by atoms with E-state index in [0.29, 0.717) is 0 Å². The van der Waals surface area contributed by atoms with Crippen LogP contribution in [0.3, 0.4) is 0 Å². The van der Waals surface area contributed by atoms with E-state index in [-0.39, 0.29) is 0 Å². The van der Waals surface area contributed by atoms with Crippen molar-refractivity contribution in [2.24, 2.45) is 5.92 Å². The fourth-order valence-electron chi connectivity index (χ4n) is 2.12. The van der Waals surface area contributed by atoms with Gasteiger partial charge in [-0.05, 0) is 49.5 Å². The van der Waals surface area contributed by atoms with Crippen LogP contribution in [0.5, 0.6) is 0 Å². The second-order valence-electron chi connectivity index (χ2n) is 4.38. The summed E-state index contributed by atoms with van der Waals surface area (Å²) in [5, 5.41) is 6.00. The number of amides is 1. The Kier molecular flexibility index (Phi) is 3.98. The minimum atomic E-state index is -0.433. The van der Waals surface area contributed by atoms with Crippen LogP contribution in [0.15, 0.2) is 24.3 Å². The van der Waals surface area contributed by atoms with Crippen LogP contribution in [-0.2, 0) is 11.2 Å². The quantitative estimate of drug-likeness (QED) is 0.841. The van der Waals surface area contributed by atoms with Gasteiger partial charge in [-0.2, -0.15) is 0 Å². The van der Waals surface area contributed by atoms with Crippen molar-refractivity contribution in [1.82, 2.24) is 5.32 Å². The number of ether oxygens (including phenoxy) is 1. The largest absolute Gasteiger partial charge is 0.453 e. The molecule has 1 saturated heterocycles. The topological polar surface area (TPSA) is 50.4 Å². The molecule has 0 spiro atoms. The van der Waals surface area contributed by atoms with E-state index in [1.54, 1.807) is 0 Å². The minimum Gasteiger partial charge on any atom is -0.453 e. The van der Waals surface area contributed by atoms with Gasteiger partial charge in [-0.3, -0.25) is 5.32 Å². The molecule has 0 saturated carbocycles. The molecule has 1 aliphatic heterocycles. The summed E-state index contributed by atoms with van der Waals surface area (Å²) in [6.45, 7) is 2.24. The van der Waals surface area contributed by atoms with E-state index in [2.05, 4.69) is 27.5 Å². The molecular weight excluding hydrogens is 216 g/mol. The van der Waals surface area contributed by atoms with Crippen LogP contribution in [0.1, 0.15) is 12.0 Å². The summed E-state index contributed by atoms with van der Waals surface area (Å²) in [6, 6.07) is 7.94. The normalized spacial score (nSPS) is 19.0. The third-order valence-electron chi connectivity index (χ3n) is 3.07. The van der Waals surface area contributed by atoms with Crippen LogP contribution in [-0.4, -0.2) is 26.3 Å². The molecule has 1 atom stereocenters. The molecular formula is C13H18N2O2. The van der Waals surface area contributed by atoms with Gasteiger partial charge in [-0.1, -0.05) is 12.1 Å². The SMILES string of the molecule is COC(=O)Nc1ccc(CC2CCNC2)cc1. The van der Waals surface area contributed by atoms with Crippen LogP contribution in [0.25, 0.3) is 0 Å². The standard InChI is InChI=1S/C13H18N2O2/c1-17-13(16)15-12-4-2-10(3-5-12)8-11-6-7-14-9-11/h2-5,11,14H,6-9H2,1H3,(H,15,16). The van der Waals surface area contributed by atoms with Gasteiger partial charge in [0.15, 0.2) is 0 Å². The second kappa shape index (κ2) is 5.68. The molecule has 1 amide bonds. The summed E-state index contributed by atoms with van der Waals surface area (Å²) in [7, 11) is 1.36. The van der Waals surface area contributed by atoms with Crippen LogP contribution in [0.4, 0.5) is 10.5 Å². The number of methoxy groups -OCH3 is 1. The maximum Gasteiger partial charge on any atom is 0.411 e. The summed E-state index contributed by atoms with van der Waals surface area (Å²) in [6.07, 6.45) is 1.92. The molecule has 2 rings (SSSR count). The highest BCUT2D eigenvalue weighted by Crippen LogP contribution is 2.17. The van der Waals surface area contributed by atoms with Crippen molar-refractivity contribution >= 4 is 11.8 Å². The molecule has 17 heavy (non-hydrogen) atoms. The lowest BCUT2D eigenvalue weighted by Crippen LogP contribution is -2.12. The molecule has 0 radical (unpaired) electrons. The predicted octanol–water partition coefficient (Wildman–Crippen LogP) is 2.02. The summed E-state index contributed by atoms with van der Waals surface area (Å²) in [5.74, 6) is 0.745. The van der Waals surface area contributed by atoms with Crippen LogP contribution in [0, 0.1) is 5.92 Å². The molecule has 0 aliphatic carbocycles. The summed E-state index contributed by atoms with van der Waals surface area (Å²) in [5.41, 5.74) is 2.08. The highest BCUT2D eigenvalue weighted by Gasteiger charge is 2.14. The second-order valence-corrected chi connectivity index (χ2v) is 4.38. The van der Waals surface area contributed by atoms with E-state index in [4.69, 9.17) is 0 Å². The molecule has 1 aromatic carbocycles. The van der Waals surface area contributed by atoms with Crippen molar-refractivity contribution in [3.63, 3.8) is 0 Å². The molecule has 1 aromatic rings. The number of benzene rings is 1. The van der Waals surface area contributed by atoms with E-state index in [0.717, 1.165) is 31.1 Å². The summed E-state index contributed by atoms with van der Waals surface area (Å²) >= 11 is 0. The number of carbonyl (C=O) groups is 1. The van der Waals surface area contributed by atoms with Crippen LogP contribution < -0.4 is 10.6 Å². The highest BCUT2D eigenvalue weighted by atomic mass is 16.5. The monoisotopic (exact) mass is 234 g/mol. The average molecular weight is 234 g/mol. The number of hydrogen-bond donors (Lipinski definition) is 2. The molecule has 0 bridgehead atoms. The fraction of sp³-hybridized carbons (Fsp3) is 0.462. The Morgan fingerprint density at radius 2 is 2.24 bits per heavy atom. The highest BCUT2D eigenvalue weighted by molar-refractivity contribution is 5.84. The van der Waals surface area contributed by atoms with Crippen LogP contribution in [0.2, 0.25) is 0 Å². The molecule has 1 heterocycles. The zero-order chi connectivity index (χ0) is 12.1. The molecule has 1 unspecified atom stereocenters. The van der Waals surface area contributed by atoms with E-state index < -0.39 is 6.09 Å². The van der Waals surface area contributed by atoms with Crippen molar-refractivity contribution < 1.29 is 9.53 Å². The smallest absolute Gasteiger partial charge is 0.411 e. The number of anilines is 1. The maximum atomic E-state index is 11.0. The van der Waals surface area contributed by atoms with E-state index in [9.17, 15) is 4.79 Å². The summed E-state index contributed by atoms with van der Waals surface area (Å²) in [4.78, 5) is 11.0. The molecule has 92 valence electrons. The lowest BCUT2D eigenvalue weighted by molar-refractivity contribution is 0.187. The Balaban J connectivity index is 1.90. The lowest BCUT2D eigenvalue weighted by Gasteiger charge is -2.09. The van der Waals surface area contributed by atoms with Gasteiger partial charge in [0.1, 0.15) is 0 Å². The first-order valence-electron chi connectivity index (χ1n) is 5.92. The zero-order valence-electron chi connectivity index (χ0n) is 10.0. The molecule has 1 fully saturated rings. The van der Waals surface area contributed by atoms with Crippen molar-refractivity contribution in [2.75, 3.05) is 25.5 Å². The first kappa shape index (κ1) is 11.9. The molecule has 4 heteroatoms. The number of nitrogens with one attached hydrogen (secondary N) is 2. The fourth-order valence-corrected chi connectivity index (χ4v) is 2.12. The number of carbonyl (C=O) groups excluding carboxylic acids is 1. The van der Waals surface area contributed by atoms with Crippen molar-refractivity contribution in [3.05, 3.63) is 29.8 Å². The van der Waals surface area contributed by atoms with Crippen molar-refractivity contribution in [2.45, 2.75) is 12.8 Å². The van der Waals surface area contributed by atoms with Gasteiger partial charge in [-0.25, -0.2) is 4.79 Å². The van der Waals surface area contributed by atoms with Gasteiger partial charge in [0.25, 0.3) is 0 Å². The van der Waals surface area contributed by atoms with Gasteiger partial charge in [0.05, 0.1) is 7.11 Å².